The van der Waals surface area contributed by atoms with Gasteiger partial charge in [0.05, 0.1) is 24.5 Å². The van der Waals surface area contributed by atoms with E-state index < -0.39 is 12.2 Å². The number of rotatable bonds is 6. The van der Waals surface area contributed by atoms with Crippen LogP contribution in [0.3, 0.4) is 0 Å². The summed E-state index contributed by atoms with van der Waals surface area (Å²) in [5, 5.41) is 20.4. The van der Waals surface area contributed by atoms with E-state index in [4.69, 9.17) is 9.47 Å². The molecule has 1 heterocycles. The number of ether oxygens (including phenoxy) is 2. The maximum absolute atomic E-state index is 12.4. The average molecular weight is 407 g/mol. The van der Waals surface area contributed by atoms with E-state index in [1.54, 1.807) is 0 Å². The summed E-state index contributed by atoms with van der Waals surface area (Å²) < 4.78 is 11.3. The number of allylic oxidation sites excluding steroid dienone is 1. The van der Waals surface area contributed by atoms with Crippen LogP contribution in [0.25, 0.3) is 0 Å². The SMILES string of the molecule is CC[C@@H](C)C(=O)O[C@@H]1CC=CC2=C[C@H](O)[C@@H](C)[C@@H](CC[C@H]3C[C@H](O)CC(=O)O3)[C@@H]21. The molecule has 1 aliphatic heterocycles. The summed E-state index contributed by atoms with van der Waals surface area (Å²) in [5.41, 5.74) is 1.02. The van der Waals surface area contributed by atoms with Crippen LogP contribution in [0.2, 0.25) is 0 Å². The Hall–Kier alpha value is -1.66. The number of aliphatic hydroxyl groups excluding tert-OH is 2. The Bertz CT molecular complexity index is 668. The lowest BCUT2D eigenvalue weighted by Gasteiger charge is -2.44. The van der Waals surface area contributed by atoms with Gasteiger partial charge in [0.2, 0.25) is 0 Å². The van der Waals surface area contributed by atoms with Gasteiger partial charge >= 0.3 is 11.9 Å². The molecule has 2 aliphatic carbocycles. The quantitative estimate of drug-likeness (QED) is 0.659. The molecule has 1 fully saturated rings. The van der Waals surface area contributed by atoms with Crippen LogP contribution in [-0.2, 0) is 19.1 Å². The highest BCUT2D eigenvalue weighted by atomic mass is 16.5. The number of carbonyl (C=O) groups is 2. The number of fused-ring (bicyclic) bond motifs is 1. The van der Waals surface area contributed by atoms with Crippen molar-refractivity contribution in [1.82, 2.24) is 0 Å². The first kappa shape index (κ1) is 22.0. The van der Waals surface area contributed by atoms with Crippen LogP contribution in [0.5, 0.6) is 0 Å². The number of cyclic esters (lactones) is 1. The zero-order valence-electron chi connectivity index (χ0n) is 17.6. The Kier molecular flexibility index (Phi) is 7.17. The minimum atomic E-state index is -0.645. The van der Waals surface area contributed by atoms with Crippen molar-refractivity contribution >= 4 is 11.9 Å². The van der Waals surface area contributed by atoms with Gasteiger partial charge in [-0.3, -0.25) is 9.59 Å². The van der Waals surface area contributed by atoms with E-state index in [0.717, 1.165) is 18.4 Å². The zero-order chi connectivity index (χ0) is 21.1. The Morgan fingerprint density at radius 1 is 1.34 bits per heavy atom. The summed E-state index contributed by atoms with van der Waals surface area (Å²) in [6, 6.07) is 0. The third-order valence-electron chi connectivity index (χ3n) is 6.84. The molecule has 162 valence electrons. The third-order valence-corrected chi connectivity index (χ3v) is 6.84. The Balaban J connectivity index is 1.74. The highest BCUT2D eigenvalue weighted by Crippen LogP contribution is 2.44. The molecule has 0 aromatic heterocycles. The predicted octanol–water partition coefficient (Wildman–Crippen LogP) is 2.92. The van der Waals surface area contributed by atoms with Crippen molar-refractivity contribution in [2.45, 2.75) is 83.7 Å². The summed E-state index contributed by atoms with van der Waals surface area (Å²) in [5.74, 6) is -0.537. The number of aliphatic hydroxyl groups is 2. The molecule has 0 bridgehead atoms. The van der Waals surface area contributed by atoms with Crippen LogP contribution in [-0.4, -0.2) is 46.6 Å². The lowest BCUT2D eigenvalue weighted by Crippen LogP contribution is -2.44. The molecule has 0 unspecified atom stereocenters. The van der Waals surface area contributed by atoms with Crippen molar-refractivity contribution in [3.63, 3.8) is 0 Å². The van der Waals surface area contributed by atoms with Gasteiger partial charge in [0.25, 0.3) is 0 Å². The molecule has 0 aromatic carbocycles. The Morgan fingerprint density at radius 3 is 2.79 bits per heavy atom. The molecule has 0 spiro atoms. The third kappa shape index (κ3) is 5.10. The molecule has 6 nitrogen and oxygen atoms in total. The highest BCUT2D eigenvalue weighted by Gasteiger charge is 2.43. The Labute approximate surface area is 173 Å². The van der Waals surface area contributed by atoms with Crippen molar-refractivity contribution < 1.29 is 29.3 Å². The van der Waals surface area contributed by atoms with Crippen LogP contribution in [0.1, 0.15) is 59.3 Å². The number of hydrogen-bond acceptors (Lipinski definition) is 6. The molecule has 0 saturated carbocycles. The minimum Gasteiger partial charge on any atom is -0.462 e. The standard InChI is InChI=1S/C23H34O6/c1-4-13(2)23(27)29-20-7-5-6-15-10-19(25)14(3)18(22(15)20)9-8-17-11-16(24)12-21(26)28-17/h5-6,10,13-14,16-20,22,24-25H,4,7-9,11-12H2,1-3H3/t13-,14+,16+,17+,18-,19+,20-,22-/m1/s1. The molecule has 0 aromatic rings. The van der Waals surface area contributed by atoms with E-state index in [1.165, 1.54) is 0 Å². The van der Waals surface area contributed by atoms with E-state index in [9.17, 15) is 19.8 Å². The van der Waals surface area contributed by atoms with Gasteiger partial charge < -0.3 is 19.7 Å². The molecule has 6 heteroatoms. The van der Waals surface area contributed by atoms with Crippen LogP contribution in [0.4, 0.5) is 0 Å². The molecule has 1 saturated heterocycles. The summed E-state index contributed by atoms with van der Waals surface area (Å²) >= 11 is 0. The first-order valence-corrected chi connectivity index (χ1v) is 10.9. The second kappa shape index (κ2) is 9.43. The molecule has 0 amide bonds. The summed E-state index contributed by atoms with van der Waals surface area (Å²) in [6.45, 7) is 5.88. The largest absolute Gasteiger partial charge is 0.462 e. The Morgan fingerprint density at radius 2 is 2.10 bits per heavy atom. The van der Waals surface area contributed by atoms with Crippen molar-refractivity contribution in [3.05, 3.63) is 23.8 Å². The van der Waals surface area contributed by atoms with Gasteiger partial charge in [-0.1, -0.05) is 39.0 Å². The van der Waals surface area contributed by atoms with Gasteiger partial charge in [-0.25, -0.2) is 0 Å². The van der Waals surface area contributed by atoms with Crippen molar-refractivity contribution in [2.75, 3.05) is 0 Å². The van der Waals surface area contributed by atoms with Gasteiger partial charge in [-0.2, -0.15) is 0 Å². The summed E-state index contributed by atoms with van der Waals surface area (Å²) in [4.78, 5) is 24.1. The van der Waals surface area contributed by atoms with Gasteiger partial charge in [0.15, 0.2) is 0 Å². The number of esters is 2. The predicted molar refractivity (Wildman–Crippen MR) is 108 cm³/mol. The fraction of sp³-hybridized carbons (Fsp3) is 0.739. The smallest absolute Gasteiger partial charge is 0.308 e. The first-order valence-electron chi connectivity index (χ1n) is 10.9. The second-order valence-electron chi connectivity index (χ2n) is 8.91. The van der Waals surface area contributed by atoms with Crippen molar-refractivity contribution in [3.8, 4) is 0 Å². The van der Waals surface area contributed by atoms with Crippen LogP contribution < -0.4 is 0 Å². The summed E-state index contributed by atoms with van der Waals surface area (Å²) in [6.07, 6.45) is 7.46. The molecule has 3 rings (SSSR count). The van der Waals surface area contributed by atoms with Gasteiger partial charge in [0, 0.05) is 18.8 Å². The minimum absolute atomic E-state index is 0.00395. The van der Waals surface area contributed by atoms with Gasteiger partial charge in [-0.15, -0.1) is 0 Å². The fourth-order valence-corrected chi connectivity index (χ4v) is 4.84. The molecule has 8 atom stereocenters. The molecular formula is C23H34O6. The normalized spacial score (nSPS) is 37.9. The van der Waals surface area contributed by atoms with Gasteiger partial charge in [0.1, 0.15) is 12.2 Å². The molecular weight excluding hydrogens is 372 g/mol. The monoisotopic (exact) mass is 406 g/mol. The second-order valence-corrected chi connectivity index (χ2v) is 8.91. The zero-order valence-corrected chi connectivity index (χ0v) is 17.6. The van der Waals surface area contributed by atoms with Crippen LogP contribution in [0.15, 0.2) is 23.8 Å². The maximum Gasteiger partial charge on any atom is 0.308 e. The van der Waals surface area contributed by atoms with Crippen LogP contribution >= 0.6 is 0 Å². The topological polar surface area (TPSA) is 93.1 Å². The first-order chi connectivity index (χ1) is 13.8. The molecule has 3 aliphatic rings. The molecule has 0 radical (unpaired) electrons. The van der Waals surface area contributed by atoms with E-state index in [0.29, 0.717) is 19.3 Å². The van der Waals surface area contributed by atoms with E-state index in [1.807, 2.05) is 39.0 Å². The van der Waals surface area contributed by atoms with E-state index in [2.05, 4.69) is 0 Å². The number of hydrogen-bond donors (Lipinski definition) is 2. The average Bonchev–Trinajstić information content (AvgIpc) is 2.67. The summed E-state index contributed by atoms with van der Waals surface area (Å²) in [7, 11) is 0. The number of carbonyl (C=O) groups excluding carboxylic acids is 2. The molecule has 2 N–H and O–H groups in total. The van der Waals surface area contributed by atoms with Crippen molar-refractivity contribution in [2.24, 2.45) is 23.7 Å². The molecule has 29 heavy (non-hydrogen) atoms. The van der Waals surface area contributed by atoms with E-state index >= 15 is 0 Å². The maximum atomic E-state index is 12.4. The van der Waals surface area contributed by atoms with Crippen molar-refractivity contribution in [1.29, 1.82) is 0 Å². The highest BCUT2D eigenvalue weighted by molar-refractivity contribution is 5.72. The van der Waals surface area contributed by atoms with Gasteiger partial charge in [-0.05, 0) is 36.7 Å². The lowest BCUT2D eigenvalue weighted by atomic mass is 9.65. The lowest BCUT2D eigenvalue weighted by molar-refractivity contribution is -0.162. The fourth-order valence-electron chi connectivity index (χ4n) is 4.84. The van der Waals surface area contributed by atoms with E-state index in [-0.39, 0.29) is 54.2 Å². The van der Waals surface area contributed by atoms with Crippen LogP contribution in [0, 0.1) is 23.7 Å².